The fourth-order valence-electron chi connectivity index (χ4n) is 4.16. The molecule has 4 rings (SSSR count). The van der Waals surface area contributed by atoms with Gasteiger partial charge in [0.2, 0.25) is 6.79 Å². The van der Waals surface area contributed by atoms with E-state index in [1.807, 2.05) is 24.3 Å². The zero-order valence-corrected chi connectivity index (χ0v) is 16.0. The van der Waals surface area contributed by atoms with Crippen molar-refractivity contribution in [3.05, 3.63) is 53.6 Å². The van der Waals surface area contributed by atoms with E-state index in [9.17, 15) is 4.79 Å². The van der Waals surface area contributed by atoms with Gasteiger partial charge in [-0.15, -0.1) is 0 Å². The molecule has 1 unspecified atom stereocenters. The topological polar surface area (TPSA) is 82.8 Å². The minimum atomic E-state index is -0.469. The van der Waals surface area contributed by atoms with E-state index in [4.69, 9.17) is 19.9 Å². The van der Waals surface area contributed by atoms with Crippen LogP contribution in [-0.2, 0) is 4.79 Å². The first-order valence-corrected chi connectivity index (χ1v) is 9.76. The second-order valence-corrected chi connectivity index (χ2v) is 7.50. The Kier molecular flexibility index (Phi) is 5.39. The van der Waals surface area contributed by atoms with Crippen LogP contribution in [0.25, 0.3) is 0 Å². The Morgan fingerprint density at radius 2 is 2.04 bits per heavy atom. The summed E-state index contributed by atoms with van der Waals surface area (Å²) >= 11 is 0. The van der Waals surface area contributed by atoms with E-state index >= 15 is 0 Å². The van der Waals surface area contributed by atoms with Gasteiger partial charge in [0.1, 0.15) is 5.75 Å². The summed E-state index contributed by atoms with van der Waals surface area (Å²) in [4.78, 5) is 10.8. The lowest BCUT2D eigenvalue weighted by Gasteiger charge is -2.21. The van der Waals surface area contributed by atoms with Crippen LogP contribution < -0.4 is 25.3 Å². The molecule has 0 bridgehead atoms. The number of primary amides is 1. The highest BCUT2D eigenvalue weighted by Gasteiger charge is 2.28. The van der Waals surface area contributed by atoms with Gasteiger partial charge in [-0.2, -0.15) is 0 Å². The van der Waals surface area contributed by atoms with Crippen molar-refractivity contribution in [3.8, 4) is 17.2 Å². The Morgan fingerprint density at radius 1 is 1.21 bits per heavy atom. The van der Waals surface area contributed by atoms with E-state index in [-0.39, 0.29) is 12.6 Å². The fraction of sp³-hybridized carbons (Fsp3) is 0.409. The molecule has 1 heterocycles. The maximum Gasteiger partial charge on any atom is 0.255 e. The number of ether oxygens (including phenoxy) is 3. The zero-order valence-electron chi connectivity index (χ0n) is 16.0. The maximum atomic E-state index is 10.8. The van der Waals surface area contributed by atoms with E-state index in [1.165, 1.54) is 5.56 Å². The molecular formula is C22H26N2O4. The Balaban J connectivity index is 1.34. The molecule has 0 saturated heterocycles. The van der Waals surface area contributed by atoms with Crippen molar-refractivity contribution in [1.29, 1.82) is 0 Å². The summed E-state index contributed by atoms with van der Waals surface area (Å²) in [5.41, 5.74) is 7.56. The van der Waals surface area contributed by atoms with Crippen molar-refractivity contribution in [2.45, 2.75) is 44.2 Å². The van der Waals surface area contributed by atoms with Crippen LogP contribution >= 0.6 is 0 Å². The van der Waals surface area contributed by atoms with Gasteiger partial charge in [-0.1, -0.05) is 24.3 Å². The molecular weight excluding hydrogens is 356 g/mol. The number of nitrogens with one attached hydrogen (secondary N) is 1. The lowest BCUT2D eigenvalue weighted by Crippen LogP contribution is -2.29. The standard InChI is InChI=1S/C22H26N2O4/c1-14(19-3-2-4-20-22(19)28-13-27-20)24-17-8-5-16(11-17)15-6-9-18(10-7-15)26-12-21(23)25/h2-4,6-7,9-10,14,16-17,24H,5,8,11-13H2,1H3,(H2,23,25)/t14-,16-,17?/m1/s1. The third kappa shape index (κ3) is 4.07. The number of rotatable bonds is 7. The number of carbonyl (C=O) groups is 1. The van der Waals surface area contributed by atoms with Gasteiger partial charge < -0.3 is 25.3 Å². The Morgan fingerprint density at radius 3 is 2.82 bits per heavy atom. The van der Waals surface area contributed by atoms with Gasteiger partial charge in [0.05, 0.1) is 0 Å². The fourth-order valence-corrected chi connectivity index (χ4v) is 4.16. The van der Waals surface area contributed by atoms with Crippen LogP contribution in [-0.4, -0.2) is 25.3 Å². The molecule has 2 aromatic rings. The quantitative estimate of drug-likeness (QED) is 0.768. The van der Waals surface area contributed by atoms with Gasteiger partial charge in [-0.3, -0.25) is 4.79 Å². The van der Waals surface area contributed by atoms with Crippen LogP contribution in [0.1, 0.15) is 49.3 Å². The van der Waals surface area contributed by atoms with E-state index in [1.54, 1.807) is 0 Å². The highest BCUT2D eigenvalue weighted by atomic mass is 16.7. The van der Waals surface area contributed by atoms with E-state index in [2.05, 4.69) is 30.4 Å². The Bertz CT molecular complexity index is 837. The summed E-state index contributed by atoms with van der Waals surface area (Å²) in [5, 5.41) is 3.76. The largest absolute Gasteiger partial charge is 0.484 e. The first kappa shape index (κ1) is 18.6. The second kappa shape index (κ2) is 8.10. The molecule has 148 valence electrons. The van der Waals surface area contributed by atoms with Crippen molar-refractivity contribution < 1.29 is 19.0 Å². The predicted octanol–water partition coefficient (Wildman–Crippen LogP) is 3.27. The van der Waals surface area contributed by atoms with Crippen molar-refractivity contribution >= 4 is 5.91 Å². The highest BCUT2D eigenvalue weighted by molar-refractivity contribution is 5.75. The van der Waals surface area contributed by atoms with E-state index < -0.39 is 5.91 Å². The summed E-state index contributed by atoms with van der Waals surface area (Å²) in [6.07, 6.45) is 3.39. The summed E-state index contributed by atoms with van der Waals surface area (Å²) in [6, 6.07) is 14.7. The normalized spacial score (nSPS) is 21.5. The minimum absolute atomic E-state index is 0.0927. The van der Waals surface area contributed by atoms with Gasteiger partial charge in [-0.05, 0) is 55.9 Å². The molecule has 1 amide bonds. The first-order valence-electron chi connectivity index (χ1n) is 9.76. The van der Waals surface area contributed by atoms with E-state index in [0.29, 0.717) is 24.5 Å². The van der Waals surface area contributed by atoms with Crippen LogP contribution in [0.2, 0.25) is 0 Å². The van der Waals surface area contributed by atoms with Gasteiger partial charge in [0, 0.05) is 17.6 Å². The summed E-state index contributed by atoms with van der Waals surface area (Å²) in [6.45, 7) is 2.38. The molecule has 0 radical (unpaired) electrons. The van der Waals surface area contributed by atoms with Crippen LogP contribution in [0.3, 0.4) is 0 Å². The Hall–Kier alpha value is -2.73. The first-order chi connectivity index (χ1) is 13.6. The maximum absolute atomic E-state index is 10.8. The second-order valence-electron chi connectivity index (χ2n) is 7.50. The molecule has 1 fully saturated rings. The molecule has 3 N–H and O–H groups in total. The number of hydrogen-bond acceptors (Lipinski definition) is 5. The third-order valence-electron chi connectivity index (χ3n) is 5.54. The number of hydrogen-bond donors (Lipinski definition) is 2. The van der Waals surface area contributed by atoms with Crippen molar-refractivity contribution in [2.75, 3.05) is 13.4 Å². The third-order valence-corrected chi connectivity index (χ3v) is 5.54. The molecule has 1 aliphatic carbocycles. The predicted molar refractivity (Wildman–Crippen MR) is 106 cm³/mol. The lowest BCUT2D eigenvalue weighted by molar-refractivity contribution is -0.119. The number of amides is 1. The molecule has 6 nitrogen and oxygen atoms in total. The molecule has 1 saturated carbocycles. The molecule has 2 aromatic carbocycles. The molecule has 0 spiro atoms. The summed E-state index contributed by atoms with van der Waals surface area (Å²) in [7, 11) is 0. The van der Waals surface area contributed by atoms with Crippen LogP contribution in [0, 0.1) is 0 Å². The molecule has 1 aliphatic heterocycles. The van der Waals surface area contributed by atoms with Gasteiger partial charge >= 0.3 is 0 Å². The van der Waals surface area contributed by atoms with E-state index in [0.717, 1.165) is 36.3 Å². The molecule has 3 atom stereocenters. The number of fused-ring (bicyclic) bond motifs is 1. The molecule has 0 aromatic heterocycles. The van der Waals surface area contributed by atoms with Gasteiger partial charge in [-0.25, -0.2) is 0 Å². The molecule has 28 heavy (non-hydrogen) atoms. The zero-order chi connectivity index (χ0) is 19.5. The van der Waals surface area contributed by atoms with Gasteiger partial charge in [0.15, 0.2) is 18.1 Å². The summed E-state index contributed by atoms with van der Waals surface area (Å²) in [5.74, 6) is 2.42. The summed E-state index contributed by atoms with van der Waals surface area (Å²) < 4.78 is 16.5. The number of carbonyl (C=O) groups excluding carboxylic acids is 1. The smallest absolute Gasteiger partial charge is 0.255 e. The number of nitrogens with two attached hydrogens (primary N) is 1. The van der Waals surface area contributed by atoms with Crippen molar-refractivity contribution in [1.82, 2.24) is 5.32 Å². The van der Waals surface area contributed by atoms with Crippen LogP contribution in [0.5, 0.6) is 17.2 Å². The average Bonchev–Trinajstić information content (AvgIpc) is 3.35. The van der Waals surface area contributed by atoms with Crippen molar-refractivity contribution in [2.24, 2.45) is 5.73 Å². The Labute approximate surface area is 165 Å². The number of para-hydroxylation sites is 1. The molecule has 6 heteroatoms. The number of benzene rings is 2. The monoisotopic (exact) mass is 382 g/mol. The lowest BCUT2D eigenvalue weighted by atomic mass is 9.97. The molecule has 2 aliphatic rings. The minimum Gasteiger partial charge on any atom is -0.484 e. The van der Waals surface area contributed by atoms with Gasteiger partial charge in [0.25, 0.3) is 5.91 Å². The van der Waals surface area contributed by atoms with Crippen LogP contribution in [0.4, 0.5) is 0 Å². The average molecular weight is 382 g/mol. The van der Waals surface area contributed by atoms with Crippen LogP contribution in [0.15, 0.2) is 42.5 Å². The van der Waals surface area contributed by atoms with Crippen molar-refractivity contribution in [3.63, 3.8) is 0 Å². The SMILES string of the molecule is C[C@@H](NC1CC[C@@H](c2ccc(OCC(N)=O)cc2)C1)c1cccc2c1OCO2. The highest BCUT2D eigenvalue weighted by Crippen LogP contribution is 2.40.